The molecule has 2 aromatic rings. The first-order chi connectivity index (χ1) is 13.7. The highest BCUT2D eigenvalue weighted by Crippen LogP contribution is 2.19. The van der Waals surface area contributed by atoms with Crippen molar-refractivity contribution in [3.63, 3.8) is 0 Å². The van der Waals surface area contributed by atoms with Crippen LogP contribution in [0.15, 0.2) is 24.5 Å². The summed E-state index contributed by atoms with van der Waals surface area (Å²) in [6.45, 7) is 9.63. The molecule has 1 atom stereocenters. The molecule has 3 N–H and O–H groups in total. The molecule has 0 unspecified atom stereocenters. The van der Waals surface area contributed by atoms with Crippen molar-refractivity contribution < 1.29 is 4.79 Å². The van der Waals surface area contributed by atoms with Gasteiger partial charge in [-0.05, 0) is 54.5 Å². The first-order valence-electron chi connectivity index (χ1n) is 9.78. The van der Waals surface area contributed by atoms with Crippen LogP contribution in [0.4, 0.5) is 5.82 Å². The summed E-state index contributed by atoms with van der Waals surface area (Å²) >= 11 is 0. The number of rotatable bonds is 4. The van der Waals surface area contributed by atoms with Crippen LogP contribution in [0.25, 0.3) is 18.2 Å². The largest absolute Gasteiger partial charge is 0.326 e. The zero-order valence-corrected chi connectivity index (χ0v) is 16.2. The Bertz CT molecular complexity index is 1020. The summed E-state index contributed by atoms with van der Waals surface area (Å²) in [5.74, 6) is 1.57. The lowest BCUT2D eigenvalue weighted by molar-refractivity contribution is -0.117. The number of aromatic nitrogens is 3. The van der Waals surface area contributed by atoms with Crippen LogP contribution in [0.2, 0.25) is 0 Å². The number of hydrogen-bond acceptors (Lipinski definition) is 5. The Morgan fingerprint density at radius 3 is 3.04 bits per heavy atom. The molecule has 1 amide bonds. The molecule has 1 fully saturated rings. The molecule has 146 valence electrons. The average molecular weight is 378 g/mol. The molecule has 4 heterocycles. The van der Waals surface area contributed by atoms with Gasteiger partial charge in [0.2, 0.25) is 5.91 Å². The van der Waals surface area contributed by atoms with Crippen molar-refractivity contribution in [3.05, 3.63) is 46.5 Å². The van der Waals surface area contributed by atoms with Gasteiger partial charge in [0.05, 0.1) is 24.5 Å². The van der Waals surface area contributed by atoms with Gasteiger partial charge in [-0.25, -0.2) is 9.97 Å². The van der Waals surface area contributed by atoms with E-state index in [1.165, 1.54) is 0 Å². The predicted molar refractivity (Wildman–Crippen MR) is 111 cm³/mol. The maximum atomic E-state index is 12.4. The molecule has 1 saturated heterocycles. The molecule has 0 bridgehead atoms. The second-order valence-corrected chi connectivity index (χ2v) is 7.18. The van der Waals surface area contributed by atoms with Gasteiger partial charge in [0, 0.05) is 19.3 Å². The molecule has 28 heavy (non-hydrogen) atoms. The van der Waals surface area contributed by atoms with E-state index < -0.39 is 0 Å². The molecule has 7 heteroatoms. The van der Waals surface area contributed by atoms with Gasteiger partial charge in [-0.15, -0.1) is 0 Å². The first kappa shape index (κ1) is 18.6. The van der Waals surface area contributed by atoms with Crippen molar-refractivity contribution in [2.75, 3.05) is 18.4 Å². The van der Waals surface area contributed by atoms with E-state index in [-0.39, 0.29) is 11.9 Å². The molecule has 0 radical (unpaired) electrons. The van der Waals surface area contributed by atoms with Crippen molar-refractivity contribution in [1.82, 2.24) is 25.2 Å². The number of carbonyl (C=O) groups is 1. The number of fused-ring (bicyclic) bond motifs is 1. The van der Waals surface area contributed by atoms with Crippen LogP contribution in [-0.2, 0) is 17.9 Å². The Morgan fingerprint density at radius 1 is 1.36 bits per heavy atom. The lowest BCUT2D eigenvalue weighted by Crippen LogP contribution is -2.36. The summed E-state index contributed by atoms with van der Waals surface area (Å²) < 4.78 is 2.25. The van der Waals surface area contributed by atoms with Crippen LogP contribution < -0.4 is 26.4 Å². The minimum Gasteiger partial charge on any atom is -0.326 e. The molecule has 7 nitrogen and oxygen atoms in total. The number of amides is 1. The third-order valence-corrected chi connectivity index (χ3v) is 5.30. The van der Waals surface area contributed by atoms with Gasteiger partial charge in [0.25, 0.3) is 0 Å². The number of nitrogens with one attached hydrogen (secondary N) is 3. The van der Waals surface area contributed by atoms with Crippen LogP contribution in [0.5, 0.6) is 0 Å². The van der Waals surface area contributed by atoms with Gasteiger partial charge >= 0.3 is 0 Å². The van der Waals surface area contributed by atoms with Crippen LogP contribution in [0.3, 0.4) is 0 Å². The Labute approximate surface area is 164 Å². The maximum absolute atomic E-state index is 12.4. The number of hydrogen-bond donors (Lipinski definition) is 3. The normalized spacial score (nSPS) is 20.2. The smallest absolute Gasteiger partial charge is 0.242 e. The molecule has 2 aliphatic rings. The molecule has 0 aliphatic carbocycles. The van der Waals surface area contributed by atoms with E-state index >= 15 is 0 Å². The molecule has 4 rings (SSSR count). The van der Waals surface area contributed by atoms with Gasteiger partial charge in [0.1, 0.15) is 11.6 Å². The quantitative estimate of drug-likeness (QED) is 0.716. The Kier molecular flexibility index (Phi) is 5.36. The highest BCUT2D eigenvalue weighted by Gasteiger charge is 2.22. The Morgan fingerprint density at radius 2 is 2.25 bits per heavy atom. The van der Waals surface area contributed by atoms with Gasteiger partial charge in [-0.1, -0.05) is 12.7 Å². The van der Waals surface area contributed by atoms with Crippen molar-refractivity contribution >= 4 is 30.0 Å². The summed E-state index contributed by atoms with van der Waals surface area (Å²) in [6, 6.07) is 1.75. The van der Waals surface area contributed by atoms with Crippen molar-refractivity contribution in [2.45, 2.75) is 38.9 Å². The minimum atomic E-state index is -0.133. The third kappa shape index (κ3) is 3.76. The van der Waals surface area contributed by atoms with E-state index in [0.29, 0.717) is 5.82 Å². The second-order valence-electron chi connectivity index (χ2n) is 7.18. The number of imidazole rings is 1. The first-order valence-corrected chi connectivity index (χ1v) is 9.78. The predicted octanol–water partition coefficient (Wildman–Crippen LogP) is 0.366. The van der Waals surface area contributed by atoms with E-state index in [2.05, 4.69) is 49.2 Å². The van der Waals surface area contributed by atoms with Crippen molar-refractivity contribution in [2.24, 2.45) is 0 Å². The van der Waals surface area contributed by atoms with Crippen molar-refractivity contribution in [1.29, 1.82) is 0 Å². The van der Waals surface area contributed by atoms with Crippen LogP contribution in [0.1, 0.15) is 31.3 Å². The Balaban J connectivity index is 1.63. The number of anilines is 1. The van der Waals surface area contributed by atoms with Gasteiger partial charge in [-0.2, -0.15) is 0 Å². The summed E-state index contributed by atoms with van der Waals surface area (Å²) in [5.41, 5.74) is 2.17. The molecule has 2 aliphatic heterocycles. The van der Waals surface area contributed by atoms with Gasteiger partial charge < -0.3 is 20.5 Å². The van der Waals surface area contributed by atoms with Crippen LogP contribution >= 0.6 is 0 Å². The minimum absolute atomic E-state index is 0.0311. The number of carbonyl (C=O) groups excluding carboxylic acids is 1. The van der Waals surface area contributed by atoms with Crippen LogP contribution in [-0.4, -0.2) is 39.6 Å². The fraction of sp³-hybridized carbons (Fsp3) is 0.381. The summed E-state index contributed by atoms with van der Waals surface area (Å²) in [5, 5.41) is 11.2. The van der Waals surface area contributed by atoms with Crippen molar-refractivity contribution in [3.8, 4) is 0 Å². The van der Waals surface area contributed by atoms with E-state index in [1.54, 1.807) is 6.20 Å². The molecule has 0 spiro atoms. The third-order valence-electron chi connectivity index (χ3n) is 5.30. The number of pyridine rings is 1. The van der Waals surface area contributed by atoms with E-state index in [0.717, 1.165) is 66.5 Å². The number of allylic oxidation sites excluding steroid dienone is 2. The summed E-state index contributed by atoms with van der Waals surface area (Å²) in [7, 11) is 0. The molecular weight excluding hydrogens is 352 g/mol. The monoisotopic (exact) mass is 378 g/mol. The van der Waals surface area contributed by atoms with E-state index in [9.17, 15) is 4.79 Å². The average Bonchev–Trinajstić information content (AvgIpc) is 3.38. The zero-order chi connectivity index (χ0) is 19.5. The zero-order valence-electron chi connectivity index (χ0n) is 16.2. The summed E-state index contributed by atoms with van der Waals surface area (Å²) in [6.07, 6.45) is 9.67. The molecule has 0 saturated carbocycles. The van der Waals surface area contributed by atoms with E-state index in [1.807, 2.05) is 19.2 Å². The lowest BCUT2D eigenvalue weighted by atomic mass is 10.1. The topological polar surface area (TPSA) is 83.9 Å². The second kappa shape index (κ2) is 8.08. The van der Waals surface area contributed by atoms with E-state index in [4.69, 9.17) is 0 Å². The number of nitrogens with zero attached hydrogens (tertiary/aromatic N) is 3. The highest BCUT2D eigenvalue weighted by atomic mass is 16.2. The SMILES string of the molecule is C=c1cnc(NC(=O)[C@H]2CCCN2)c/c1=C/C(=C\C)c1cnc2n1CCNC2. The fourth-order valence-electron chi connectivity index (χ4n) is 3.72. The molecule has 0 aromatic carbocycles. The van der Waals surface area contributed by atoms with Crippen LogP contribution in [0, 0.1) is 0 Å². The van der Waals surface area contributed by atoms with Gasteiger partial charge in [-0.3, -0.25) is 4.79 Å². The summed E-state index contributed by atoms with van der Waals surface area (Å²) in [4.78, 5) is 21.2. The fourth-order valence-corrected chi connectivity index (χ4v) is 3.72. The highest BCUT2D eigenvalue weighted by molar-refractivity contribution is 5.94. The molecule has 2 aromatic heterocycles. The maximum Gasteiger partial charge on any atom is 0.242 e. The standard InChI is InChI=1S/C21H26N6O/c1-3-15(18-12-25-20-13-22-7-8-27(18)20)9-16-10-19(24-11-14(16)2)26-21(28)17-5-4-6-23-17/h3,9-12,17,22-23H,2,4-8,13H2,1H3,(H,26,28)/b15-3+,16-9-/t17-/m1/s1. The lowest BCUT2D eigenvalue weighted by Gasteiger charge is -2.18. The molecular formula is C21H26N6O. The Hall–Kier alpha value is -2.77. The van der Waals surface area contributed by atoms with Gasteiger partial charge in [0.15, 0.2) is 0 Å².